The third-order valence-corrected chi connectivity index (χ3v) is 13.8. The van der Waals surface area contributed by atoms with Crippen molar-refractivity contribution < 1.29 is 0 Å². The van der Waals surface area contributed by atoms with Gasteiger partial charge in [0.1, 0.15) is 0 Å². The molecule has 6 aliphatic rings. The fourth-order valence-corrected chi connectivity index (χ4v) is 11.3. The smallest absolute Gasteiger partial charge is 0.0643 e. The first-order valence-corrected chi connectivity index (χ1v) is 20.8. The van der Waals surface area contributed by atoms with Crippen LogP contribution in [0.3, 0.4) is 0 Å². The quantitative estimate of drug-likeness (QED) is 0.240. The summed E-state index contributed by atoms with van der Waals surface area (Å²) in [4.78, 5) is 2.77. The van der Waals surface area contributed by atoms with Crippen LogP contribution in [-0.2, 0) is 5.41 Å². The molecule has 6 aliphatic carbocycles. The van der Waals surface area contributed by atoms with Crippen molar-refractivity contribution in [3.63, 3.8) is 0 Å². The number of rotatable bonds is 7. The molecule has 3 aromatic rings. The summed E-state index contributed by atoms with van der Waals surface area (Å²) in [6, 6.07) is 30.7. The van der Waals surface area contributed by atoms with E-state index in [2.05, 4.69) is 140 Å². The Labute approximate surface area is 313 Å². The first kappa shape index (κ1) is 33.7. The molecule has 0 spiro atoms. The predicted molar refractivity (Wildman–Crippen MR) is 220 cm³/mol. The van der Waals surface area contributed by atoms with Crippen LogP contribution in [0.5, 0.6) is 0 Å². The highest BCUT2D eigenvalue weighted by molar-refractivity contribution is 5.91. The molecule has 1 nitrogen and oxygen atoms in total. The van der Waals surface area contributed by atoms with Gasteiger partial charge in [0.05, 0.1) is 11.0 Å². The van der Waals surface area contributed by atoms with E-state index in [1.807, 2.05) is 0 Å². The minimum Gasteiger partial charge on any atom is -0.335 e. The Hall–Kier alpha value is -4.10. The Balaban J connectivity index is 1.17. The zero-order valence-electron chi connectivity index (χ0n) is 31.6. The van der Waals surface area contributed by atoms with Gasteiger partial charge in [-0.2, -0.15) is 0 Å². The van der Waals surface area contributed by atoms with E-state index < -0.39 is 0 Å². The Morgan fingerprint density at radius 1 is 0.692 bits per heavy atom. The van der Waals surface area contributed by atoms with Gasteiger partial charge in [-0.25, -0.2) is 0 Å². The van der Waals surface area contributed by atoms with Gasteiger partial charge in [-0.1, -0.05) is 160 Å². The van der Waals surface area contributed by atoms with Crippen LogP contribution in [-0.4, -0.2) is 5.54 Å². The highest BCUT2D eigenvalue weighted by Crippen LogP contribution is 2.60. The minimum absolute atomic E-state index is 0.230. The first-order valence-electron chi connectivity index (χ1n) is 20.8. The normalized spacial score (nSPS) is 27.8. The summed E-state index contributed by atoms with van der Waals surface area (Å²) in [6.07, 6.45) is 35.5. The minimum atomic E-state index is -0.288. The Morgan fingerprint density at radius 3 is 2.12 bits per heavy atom. The number of fused-ring (bicyclic) bond motifs is 2. The summed E-state index contributed by atoms with van der Waals surface area (Å²) in [5.74, 6) is 2.02. The number of allylic oxidation sites excluding steroid dienone is 10. The van der Waals surface area contributed by atoms with Crippen molar-refractivity contribution in [3.05, 3.63) is 166 Å². The Kier molecular flexibility index (Phi) is 9.10. The van der Waals surface area contributed by atoms with Gasteiger partial charge in [0.2, 0.25) is 0 Å². The van der Waals surface area contributed by atoms with Gasteiger partial charge in [0, 0.05) is 11.4 Å². The maximum absolute atomic E-state index is 2.77. The molecule has 0 N–H and O–H groups in total. The molecule has 2 fully saturated rings. The van der Waals surface area contributed by atoms with Crippen molar-refractivity contribution in [2.45, 2.75) is 121 Å². The summed E-state index contributed by atoms with van der Waals surface area (Å²) in [5.41, 5.74) is 14.3. The molecular formula is C51H57N. The van der Waals surface area contributed by atoms with E-state index in [9.17, 15) is 0 Å². The van der Waals surface area contributed by atoms with E-state index in [0.29, 0.717) is 11.8 Å². The molecule has 0 aliphatic heterocycles. The molecule has 3 unspecified atom stereocenters. The third kappa shape index (κ3) is 5.84. The lowest BCUT2D eigenvalue weighted by atomic mass is 9.61. The second-order valence-electron chi connectivity index (χ2n) is 17.2. The van der Waals surface area contributed by atoms with Crippen LogP contribution in [0.4, 0.5) is 5.69 Å². The summed E-state index contributed by atoms with van der Waals surface area (Å²) in [6.45, 7) is 4.91. The lowest BCUT2D eigenvalue weighted by Crippen LogP contribution is -2.48. The molecular weight excluding hydrogens is 627 g/mol. The highest BCUT2D eigenvalue weighted by atomic mass is 15.2. The van der Waals surface area contributed by atoms with Gasteiger partial charge in [0.15, 0.2) is 0 Å². The number of anilines is 1. The second-order valence-corrected chi connectivity index (χ2v) is 17.2. The lowest BCUT2D eigenvalue weighted by Gasteiger charge is -2.48. The fraction of sp³-hybridized carbons (Fsp3) is 0.412. The van der Waals surface area contributed by atoms with Crippen LogP contribution >= 0.6 is 0 Å². The standard InChI is InChI=1S/C51H57N/c1-37-15-14-22-43(35-37)51(42-20-10-5-11-21-42)48-24-13-12-23-46(48)47-33-34-50(2,36-49(47)51)52(44-29-25-40(26-30-44)38-16-6-3-7-17-38)45-31-27-41(28-32-45)39-18-8-4-9-19-39/h5,10-15,20-27,29-31,33-34,37-39H,3-4,6-9,16-19,28,32,35-36H2,1-2H3. The summed E-state index contributed by atoms with van der Waals surface area (Å²) < 4.78 is 0. The van der Waals surface area contributed by atoms with Crippen LogP contribution in [0.25, 0.3) is 5.57 Å². The molecule has 3 atom stereocenters. The van der Waals surface area contributed by atoms with Crippen molar-refractivity contribution in [1.82, 2.24) is 0 Å². The van der Waals surface area contributed by atoms with Gasteiger partial charge in [-0.05, 0) is 128 Å². The maximum Gasteiger partial charge on any atom is 0.0643 e. The molecule has 3 aromatic carbocycles. The van der Waals surface area contributed by atoms with Crippen molar-refractivity contribution >= 4 is 11.3 Å². The van der Waals surface area contributed by atoms with Crippen molar-refractivity contribution in [1.29, 1.82) is 0 Å². The first-order chi connectivity index (χ1) is 25.5. The number of hydrogen-bond acceptors (Lipinski definition) is 1. The molecule has 0 heterocycles. The predicted octanol–water partition coefficient (Wildman–Crippen LogP) is 13.7. The van der Waals surface area contributed by atoms with Gasteiger partial charge >= 0.3 is 0 Å². The Morgan fingerprint density at radius 2 is 1.40 bits per heavy atom. The van der Waals surface area contributed by atoms with E-state index >= 15 is 0 Å². The van der Waals surface area contributed by atoms with Gasteiger partial charge < -0.3 is 4.90 Å². The van der Waals surface area contributed by atoms with E-state index in [1.165, 1.54) is 115 Å². The molecule has 0 amide bonds. The molecule has 0 radical (unpaired) electrons. The summed E-state index contributed by atoms with van der Waals surface area (Å²) in [5, 5.41) is 0. The van der Waals surface area contributed by atoms with E-state index in [0.717, 1.165) is 25.2 Å². The maximum atomic E-state index is 2.77. The van der Waals surface area contributed by atoms with Crippen LogP contribution in [0.2, 0.25) is 0 Å². The van der Waals surface area contributed by atoms with E-state index in [4.69, 9.17) is 0 Å². The van der Waals surface area contributed by atoms with Crippen LogP contribution < -0.4 is 4.90 Å². The molecule has 52 heavy (non-hydrogen) atoms. The SMILES string of the molecule is CC1C=CC=C(C2(c3ccccc3)C3=C(C=CC(C)(N(C4=CC=C(C5CCCCC5)CC4)c4ccc(C5CCCCC5)cc4)C3)c3ccccc32)C1. The molecule has 0 saturated heterocycles. The average Bonchev–Trinajstić information content (AvgIpc) is 3.49. The monoisotopic (exact) mass is 683 g/mol. The zero-order valence-corrected chi connectivity index (χ0v) is 31.6. The highest BCUT2D eigenvalue weighted by Gasteiger charge is 2.52. The van der Waals surface area contributed by atoms with Gasteiger partial charge in [-0.3, -0.25) is 0 Å². The molecule has 0 aromatic heterocycles. The Bertz CT molecular complexity index is 1970. The van der Waals surface area contributed by atoms with Crippen molar-refractivity contribution in [2.24, 2.45) is 11.8 Å². The largest absolute Gasteiger partial charge is 0.335 e. The molecule has 0 bridgehead atoms. The zero-order chi connectivity index (χ0) is 35.1. The summed E-state index contributed by atoms with van der Waals surface area (Å²) >= 11 is 0. The number of nitrogens with zero attached hydrogens (tertiary/aromatic N) is 1. The second kappa shape index (κ2) is 14.0. The van der Waals surface area contributed by atoms with Crippen molar-refractivity contribution in [2.75, 3.05) is 4.90 Å². The molecule has 2 saturated carbocycles. The summed E-state index contributed by atoms with van der Waals surface area (Å²) in [7, 11) is 0. The average molecular weight is 684 g/mol. The molecule has 9 rings (SSSR count). The lowest BCUT2D eigenvalue weighted by molar-refractivity contribution is 0.392. The van der Waals surface area contributed by atoms with Crippen LogP contribution in [0.1, 0.15) is 132 Å². The van der Waals surface area contributed by atoms with E-state index in [-0.39, 0.29) is 11.0 Å². The van der Waals surface area contributed by atoms with Crippen molar-refractivity contribution in [3.8, 4) is 0 Å². The van der Waals surface area contributed by atoms with Crippen LogP contribution in [0, 0.1) is 11.8 Å². The van der Waals surface area contributed by atoms with Crippen LogP contribution in [0.15, 0.2) is 144 Å². The third-order valence-electron chi connectivity index (χ3n) is 13.8. The molecule has 1 heteroatoms. The van der Waals surface area contributed by atoms with E-state index in [1.54, 1.807) is 11.1 Å². The number of benzene rings is 3. The van der Waals surface area contributed by atoms with Gasteiger partial charge in [-0.15, -0.1) is 0 Å². The molecule has 266 valence electrons. The topological polar surface area (TPSA) is 3.24 Å². The van der Waals surface area contributed by atoms with Gasteiger partial charge in [0.25, 0.3) is 0 Å². The fourth-order valence-electron chi connectivity index (χ4n) is 11.3. The number of hydrogen-bond donors (Lipinski definition) is 0.